The normalized spacial score (nSPS) is 13.6. The number of hydrogen-bond acceptors (Lipinski definition) is 14. The van der Waals surface area contributed by atoms with E-state index in [0.717, 1.165) is 45.8 Å². The highest BCUT2D eigenvalue weighted by Gasteiger charge is 2.37. The summed E-state index contributed by atoms with van der Waals surface area (Å²) < 4.78 is 33.8. The second-order valence-electron chi connectivity index (χ2n) is 24.3. The van der Waals surface area contributed by atoms with E-state index in [1.807, 2.05) is 45.0 Å². The number of carbonyl (C=O) groups is 6. The van der Waals surface area contributed by atoms with Crippen LogP contribution in [-0.4, -0.2) is 124 Å². The van der Waals surface area contributed by atoms with E-state index in [0.29, 0.717) is 44.6 Å². The zero-order chi connectivity index (χ0) is 57.5. The summed E-state index contributed by atoms with van der Waals surface area (Å²) in [5.74, 6) is 0.0459. The highest BCUT2D eigenvalue weighted by molar-refractivity contribution is 6.19. The standard InChI is InChI=1S/C56H86N8O12/c1-51(2,3)71-45(65)59-43(60-46(66)72-52(4,5)6)58-34-23-21-19-20-22-24-36-63(49(69)75-55(13,14)15)44(61-47(67)73-53(7,8)9)64(50(70)76-56(16,17)18)41-32-30-39(31-33-41)38-26-28-40(29-27-38)42-57-35-25-37-62(42)48(68)74-54(10,11)12/h26-33H,19-25,34-37H2,1-18H3,(H2,58,59,60,65,66). The number of hydrogen-bond donors (Lipinski definition) is 2. The SMILES string of the molecule is CC(C)(C)OC(=O)N=C(N(CCCCCCCCN=C(NC(=O)OC(C)(C)C)NC(=O)OC(C)(C)C)C(=O)OC(C)(C)C)N(C(=O)OC(C)(C)C)c1ccc(-c2ccc(C3=NCCCN3C(=O)OC(C)(C)C)cc2)cc1. The Kier molecular flexibility index (Phi) is 22.5. The molecule has 20 nitrogen and oxygen atoms in total. The number of nitrogens with one attached hydrogen (secondary N) is 2. The van der Waals surface area contributed by atoms with Gasteiger partial charge >= 0.3 is 36.6 Å². The van der Waals surface area contributed by atoms with Gasteiger partial charge in [-0.25, -0.2) is 38.6 Å². The minimum Gasteiger partial charge on any atom is -0.444 e. The van der Waals surface area contributed by atoms with Gasteiger partial charge < -0.3 is 28.4 Å². The molecule has 1 aliphatic heterocycles. The fraction of sp³-hybridized carbons (Fsp3) is 0.625. The van der Waals surface area contributed by atoms with Gasteiger partial charge in [-0.2, -0.15) is 0 Å². The van der Waals surface area contributed by atoms with E-state index in [1.54, 1.807) is 133 Å². The number of guanidine groups is 2. The zero-order valence-electron chi connectivity index (χ0n) is 48.5. The van der Waals surface area contributed by atoms with Crippen molar-refractivity contribution in [3.05, 3.63) is 54.1 Å². The minimum absolute atomic E-state index is 0.0166. The third kappa shape index (κ3) is 24.3. The molecule has 0 fully saturated rings. The number of ether oxygens (including phenoxy) is 6. The Bertz CT molecular complexity index is 2360. The van der Waals surface area contributed by atoms with Crippen molar-refractivity contribution in [1.29, 1.82) is 0 Å². The summed E-state index contributed by atoms with van der Waals surface area (Å²) in [5.41, 5.74) is -2.64. The molecule has 0 saturated carbocycles. The van der Waals surface area contributed by atoms with Crippen molar-refractivity contribution in [2.75, 3.05) is 31.1 Å². The van der Waals surface area contributed by atoms with Crippen molar-refractivity contribution in [3.8, 4) is 11.1 Å². The highest BCUT2D eigenvalue weighted by atomic mass is 16.6. The topological polar surface area (TPSA) is 229 Å². The third-order valence-corrected chi connectivity index (χ3v) is 9.79. The molecule has 0 aliphatic carbocycles. The largest absolute Gasteiger partial charge is 0.444 e. The Morgan fingerprint density at radius 1 is 0.539 bits per heavy atom. The van der Waals surface area contributed by atoms with E-state index in [-0.39, 0.29) is 30.7 Å². The Labute approximate surface area is 450 Å². The lowest BCUT2D eigenvalue weighted by molar-refractivity contribution is 0.0348. The molecule has 1 heterocycles. The van der Waals surface area contributed by atoms with Crippen LogP contribution in [0.25, 0.3) is 11.1 Å². The van der Waals surface area contributed by atoms with Crippen LogP contribution in [0.3, 0.4) is 0 Å². The van der Waals surface area contributed by atoms with Crippen LogP contribution in [0.2, 0.25) is 0 Å². The van der Waals surface area contributed by atoms with Crippen molar-refractivity contribution in [2.24, 2.45) is 15.0 Å². The molecule has 0 spiro atoms. The molecule has 2 aromatic carbocycles. The van der Waals surface area contributed by atoms with Crippen molar-refractivity contribution in [3.63, 3.8) is 0 Å². The summed E-state index contributed by atoms with van der Waals surface area (Å²) in [4.78, 5) is 97.9. The molecule has 0 aromatic heterocycles. The smallest absolute Gasteiger partial charge is 0.437 e. The number of amidine groups is 1. The lowest BCUT2D eigenvalue weighted by atomic mass is 10.0. The summed E-state index contributed by atoms with van der Waals surface area (Å²) in [5, 5.41) is 4.97. The molecule has 76 heavy (non-hydrogen) atoms. The van der Waals surface area contributed by atoms with Crippen LogP contribution in [0, 0.1) is 0 Å². The second kappa shape index (κ2) is 26.8. The highest BCUT2D eigenvalue weighted by Crippen LogP contribution is 2.29. The van der Waals surface area contributed by atoms with Gasteiger partial charge in [0.15, 0.2) is 0 Å². The lowest BCUT2D eigenvalue weighted by Crippen LogP contribution is -2.53. The van der Waals surface area contributed by atoms with Crippen LogP contribution >= 0.6 is 0 Å². The van der Waals surface area contributed by atoms with Crippen LogP contribution < -0.4 is 15.5 Å². The quantitative estimate of drug-likeness (QED) is 0.0875. The molecule has 0 bridgehead atoms. The monoisotopic (exact) mass is 1060 g/mol. The molecule has 422 valence electrons. The molecule has 0 saturated heterocycles. The first kappa shape index (κ1) is 63.6. The number of aliphatic imine (C=N–C) groups is 3. The van der Waals surface area contributed by atoms with E-state index in [9.17, 15) is 28.8 Å². The van der Waals surface area contributed by atoms with E-state index in [4.69, 9.17) is 28.4 Å². The summed E-state index contributed by atoms with van der Waals surface area (Å²) in [6.45, 7) is 32.3. The Hall–Kier alpha value is -6.73. The molecular formula is C56H86N8O12. The molecule has 0 unspecified atom stereocenters. The number of alkyl carbamates (subject to hydrolysis) is 2. The molecule has 2 aromatic rings. The Morgan fingerprint density at radius 2 is 0.974 bits per heavy atom. The van der Waals surface area contributed by atoms with Gasteiger partial charge in [0.05, 0.1) is 5.69 Å². The first-order valence-corrected chi connectivity index (χ1v) is 26.0. The van der Waals surface area contributed by atoms with Crippen LogP contribution in [0.4, 0.5) is 34.5 Å². The summed E-state index contributed by atoms with van der Waals surface area (Å²) in [6, 6.07) is 14.5. The van der Waals surface area contributed by atoms with Crippen LogP contribution in [0.15, 0.2) is 63.5 Å². The van der Waals surface area contributed by atoms with E-state index < -0.39 is 70.2 Å². The van der Waals surface area contributed by atoms with Gasteiger partial charge in [0, 0.05) is 31.7 Å². The molecule has 20 heteroatoms. The Morgan fingerprint density at radius 3 is 1.46 bits per heavy atom. The van der Waals surface area contributed by atoms with Gasteiger partial charge in [0.2, 0.25) is 11.9 Å². The number of anilines is 1. The summed E-state index contributed by atoms with van der Waals surface area (Å²) in [7, 11) is 0. The molecular weight excluding hydrogens is 977 g/mol. The molecule has 0 atom stereocenters. The molecule has 0 radical (unpaired) electrons. The Balaban J connectivity index is 1.94. The number of benzene rings is 2. The zero-order valence-corrected chi connectivity index (χ0v) is 48.5. The van der Waals surface area contributed by atoms with Crippen molar-refractivity contribution >= 4 is 60.0 Å². The van der Waals surface area contributed by atoms with Gasteiger partial charge in [-0.3, -0.25) is 25.5 Å². The maximum absolute atomic E-state index is 14.5. The summed E-state index contributed by atoms with van der Waals surface area (Å²) >= 11 is 0. The van der Waals surface area contributed by atoms with Gasteiger partial charge in [-0.1, -0.05) is 62.1 Å². The lowest BCUT2D eigenvalue weighted by Gasteiger charge is -2.34. The molecule has 1 aliphatic rings. The average Bonchev–Trinajstić information content (AvgIpc) is 3.23. The third-order valence-electron chi connectivity index (χ3n) is 9.79. The van der Waals surface area contributed by atoms with Crippen molar-refractivity contribution in [2.45, 2.75) is 203 Å². The summed E-state index contributed by atoms with van der Waals surface area (Å²) in [6.07, 6.45) is -0.248. The number of nitrogens with zero attached hydrogens (tertiary/aromatic N) is 6. The molecule has 6 amide bonds. The number of unbranched alkanes of at least 4 members (excludes halogenated alkanes) is 5. The van der Waals surface area contributed by atoms with E-state index in [1.165, 1.54) is 0 Å². The average molecular weight is 1060 g/mol. The number of carbonyl (C=O) groups excluding carboxylic acids is 6. The van der Waals surface area contributed by atoms with E-state index >= 15 is 0 Å². The van der Waals surface area contributed by atoms with Crippen molar-refractivity contribution in [1.82, 2.24) is 20.4 Å². The fourth-order valence-corrected chi connectivity index (χ4v) is 6.95. The molecule has 3 rings (SSSR count). The second-order valence-corrected chi connectivity index (χ2v) is 24.3. The van der Waals surface area contributed by atoms with E-state index in [2.05, 4.69) is 25.6 Å². The maximum atomic E-state index is 14.5. The molecule has 2 N–H and O–H groups in total. The first-order valence-electron chi connectivity index (χ1n) is 26.0. The van der Waals surface area contributed by atoms with Gasteiger partial charge in [-0.15, -0.1) is 4.99 Å². The van der Waals surface area contributed by atoms with Gasteiger partial charge in [0.25, 0.3) is 0 Å². The number of rotatable bonds is 12. The van der Waals surface area contributed by atoms with Crippen LogP contribution in [-0.2, 0) is 28.4 Å². The van der Waals surface area contributed by atoms with Crippen molar-refractivity contribution < 1.29 is 57.2 Å². The van der Waals surface area contributed by atoms with Crippen LogP contribution in [0.5, 0.6) is 0 Å². The first-order chi connectivity index (χ1) is 34.9. The van der Waals surface area contributed by atoms with Crippen LogP contribution in [0.1, 0.15) is 175 Å². The van der Waals surface area contributed by atoms with Gasteiger partial charge in [0.1, 0.15) is 39.4 Å². The minimum atomic E-state index is -1.05. The predicted molar refractivity (Wildman–Crippen MR) is 295 cm³/mol. The number of amides is 6. The predicted octanol–water partition coefficient (Wildman–Crippen LogP) is 12.8. The fourth-order valence-electron chi connectivity index (χ4n) is 6.95. The van der Waals surface area contributed by atoms with Gasteiger partial charge in [-0.05, 0) is 167 Å². The maximum Gasteiger partial charge on any atom is 0.437 e.